The maximum absolute atomic E-state index is 12.9. The van der Waals surface area contributed by atoms with Gasteiger partial charge < -0.3 is 14.8 Å². The van der Waals surface area contributed by atoms with Crippen molar-refractivity contribution in [2.24, 2.45) is 0 Å². The molecule has 0 unspecified atom stereocenters. The number of hydrogen-bond acceptors (Lipinski definition) is 6. The summed E-state index contributed by atoms with van der Waals surface area (Å²) in [5.74, 6) is -0.910. The molecular formula is C25H20ClN3O5. The van der Waals surface area contributed by atoms with E-state index >= 15 is 0 Å². The van der Waals surface area contributed by atoms with Gasteiger partial charge in [0.1, 0.15) is 5.75 Å². The van der Waals surface area contributed by atoms with Crippen LogP contribution in [0.3, 0.4) is 0 Å². The van der Waals surface area contributed by atoms with Gasteiger partial charge in [-0.25, -0.2) is 9.48 Å². The van der Waals surface area contributed by atoms with Crippen LogP contribution in [0.1, 0.15) is 16.1 Å². The van der Waals surface area contributed by atoms with Crippen molar-refractivity contribution in [3.8, 4) is 5.75 Å². The minimum atomic E-state index is -0.819. The van der Waals surface area contributed by atoms with E-state index in [1.807, 2.05) is 30.3 Å². The van der Waals surface area contributed by atoms with Crippen LogP contribution in [0, 0.1) is 0 Å². The molecular weight excluding hydrogens is 458 g/mol. The maximum atomic E-state index is 12.9. The minimum Gasteiger partial charge on any atom is -0.495 e. The third kappa shape index (κ3) is 5.07. The van der Waals surface area contributed by atoms with Gasteiger partial charge in [-0.1, -0.05) is 60.1 Å². The molecule has 0 aliphatic heterocycles. The van der Waals surface area contributed by atoms with Gasteiger partial charge in [0.25, 0.3) is 11.5 Å². The molecule has 0 bridgehead atoms. The number of rotatable bonds is 7. The summed E-state index contributed by atoms with van der Waals surface area (Å²) in [5, 5.41) is 7.86. The van der Waals surface area contributed by atoms with Crippen LogP contribution in [0.4, 0.5) is 5.69 Å². The van der Waals surface area contributed by atoms with Crippen molar-refractivity contribution in [2.45, 2.75) is 6.54 Å². The number of amides is 1. The molecule has 0 aliphatic carbocycles. The fourth-order valence-electron chi connectivity index (χ4n) is 3.39. The number of hydrogen-bond donors (Lipinski definition) is 1. The predicted molar refractivity (Wildman–Crippen MR) is 128 cm³/mol. The Morgan fingerprint density at radius 2 is 1.71 bits per heavy atom. The van der Waals surface area contributed by atoms with Crippen LogP contribution in [0.15, 0.2) is 77.6 Å². The molecule has 3 aromatic carbocycles. The van der Waals surface area contributed by atoms with E-state index in [9.17, 15) is 14.4 Å². The molecule has 4 rings (SSSR count). The molecule has 1 aromatic heterocycles. The second kappa shape index (κ2) is 10.2. The van der Waals surface area contributed by atoms with Gasteiger partial charge in [0.2, 0.25) is 0 Å². The van der Waals surface area contributed by atoms with E-state index in [0.29, 0.717) is 27.2 Å². The van der Waals surface area contributed by atoms with Gasteiger partial charge in [-0.05, 0) is 29.8 Å². The van der Waals surface area contributed by atoms with Crippen LogP contribution in [-0.4, -0.2) is 35.4 Å². The monoisotopic (exact) mass is 477 g/mol. The second-order valence-corrected chi connectivity index (χ2v) is 7.72. The van der Waals surface area contributed by atoms with Gasteiger partial charge >= 0.3 is 5.97 Å². The fourth-order valence-corrected chi connectivity index (χ4v) is 3.65. The number of esters is 1. The number of methoxy groups -OCH3 is 1. The molecule has 9 heteroatoms. The van der Waals surface area contributed by atoms with Crippen molar-refractivity contribution in [2.75, 3.05) is 19.0 Å². The van der Waals surface area contributed by atoms with Gasteiger partial charge in [0.05, 0.1) is 24.1 Å². The lowest BCUT2D eigenvalue weighted by atomic mass is 10.1. The molecule has 0 radical (unpaired) electrons. The van der Waals surface area contributed by atoms with E-state index in [2.05, 4.69) is 10.4 Å². The summed E-state index contributed by atoms with van der Waals surface area (Å²) in [4.78, 5) is 38.1. The average Bonchev–Trinajstić information content (AvgIpc) is 2.85. The lowest BCUT2D eigenvalue weighted by Gasteiger charge is -2.11. The van der Waals surface area contributed by atoms with E-state index in [-0.39, 0.29) is 17.8 Å². The molecule has 34 heavy (non-hydrogen) atoms. The van der Waals surface area contributed by atoms with Gasteiger partial charge in [0.15, 0.2) is 12.3 Å². The lowest BCUT2D eigenvalue weighted by molar-refractivity contribution is -0.119. The molecule has 0 fully saturated rings. The summed E-state index contributed by atoms with van der Waals surface area (Å²) in [6.07, 6.45) is 0. The van der Waals surface area contributed by atoms with Gasteiger partial charge in [-0.15, -0.1) is 0 Å². The first-order valence-electron chi connectivity index (χ1n) is 10.3. The fraction of sp³-hybridized carbons (Fsp3) is 0.120. The number of ether oxygens (including phenoxy) is 2. The minimum absolute atomic E-state index is 0.0496. The van der Waals surface area contributed by atoms with E-state index in [0.717, 1.165) is 5.56 Å². The summed E-state index contributed by atoms with van der Waals surface area (Å²) in [6, 6.07) is 20.7. The molecule has 0 saturated carbocycles. The molecule has 0 atom stereocenters. The van der Waals surface area contributed by atoms with E-state index in [1.165, 1.54) is 17.9 Å². The molecule has 8 nitrogen and oxygen atoms in total. The topological polar surface area (TPSA) is 99.5 Å². The Hall–Kier alpha value is -4.17. The maximum Gasteiger partial charge on any atom is 0.359 e. The number of halogens is 1. The Balaban J connectivity index is 1.53. The Labute approximate surface area is 199 Å². The lowest BCUT2D eigenvalue weighted by Crippen LogP contribution is -2.28. The number of benzene rings is 3. The Kier molecular flexibility index (Phi) is 6.89. The third-order valence-electron chi connectivity index (χ3n) is 5.01. The van der Waals surface area contributed by atoms with Crippen LogP contribution >= 0.6 is 11.6 Å². The summed E-state index contributed by atoms with van der Waals surface area (Å²) in [6.45, 7) is -0.361. The highest BCUT2D eigenvalue weighted by molar-refractivity contribution is 6.32. The molecule has 1 amide bonds. The largest absolute Gasteiger partial charge is 0.495 e. The third-order valence-corrected chi connectivity index (χ3v) is 5.30. The SMILES string of the molecule is COc1ccc(NC(=O)COC(=O)c2nn(Cc3ccccc3)c(=O)c3ccccc23)cc1Cl. The van der Waals surface area contributed by atoms with Crippen molar-refractivity contribution in [3.63, 3.8) is 0 Å². The zero-order valence-corrected chi connectivity index (χ0v) is 18.9. The normalized spacial score (nSPS) is 10.6. The first-order chi connectivity index (χ1) is 16.5. The van der Waals surface area contributed by atoms with Crippen LogP contribution < -0.4 is 15.6 Å². The van der Waals surface area contributed by atoms with Crippen molar-refractivity contribution in [1.82, 2.24) is 9.78 Å². The molecule has 172 valence electrons. The standard InChI is InChI=1S/C25H20ClN3O5/c1-33-21-12-11-17(13-20(21)26)27-22(30)15-34-25(32)23-18-9-5-6-10-19(18)24(31)29(28-23)14-16-7-3-2-4-8-16/h2-13H,14-15H2,1H3,(H,27,30). The smallest absolute Gasteiger partial charge is 0.359 e. The molecule has 0 aliphatic rings. The average molecular weight is 478 g/mol. The summed E-state index contributed by atoms with van der Waals surface area (Å²) < 4.78 is 11.5. The van der Waals surface area contributed by atoms with E-state index < -0.39 is 18.5 Å². The number of carbonyl (C=O) groups is 2. The van der Waals surface area contributed by atoms with Crippen molar-refractivity contribution in [3.05, 3.63) is 99.4 Å². The van der Waals surface area contributed by atoms with Crippen LogP contribution in [0.25, 0.3) is 10.8 Å². The van der Waals surface area contributed by atoms with Crippen LogP contribution in [-0.2, 0) is 16.1 Å². The molecule has 4 aromatic rings. The number of nitrogens with zero attached hydrogens (tertiary/aromatic N) is 2. The Morgan fingerprint density at radius 1 is 1.00 bits per heavy atom. The van der Waals surface area contributed by atoms with E-state index in [1.54, 1.807) is 36.4 Å². The van der Waals surface area contributed by atoms with Crippen LogP contribution in [0.2, 0.25) is 5.02 Å². The van der Waals surface area contributed by atoms with Crippen molar-refractivity contribution >= 4 is 39.9 Å². The highest BCUT2D eigenvalue weighted by Gasteiger charge is 2.19. The van der Waals surface area contributed by atoms with Gasteiger partial charge in [-0.3, -0.25) is 9.59 Å². The number of carbonyl (C=O) groups excluding carboxylic acids is 2. The first-order valence-corrected chi connectivity index (χ1v) is 10.7. The predicted octanol–water partition coefficient (Wildman–Crippen LogP) is 3.90. The molecule has 0 spiro atoms. The summed E-state index contributed by atoms with van der Waals surface area (Å²) in [7, 11) is 1.49. The van der Waals surface area contributed by atoms with E-state index in [4.69, 9.17) is 21.1 Å². The Morgan fingerprint density at radius 3 is 2.41 bits per heavy atom. The molecule has 0 saturated heterocycles. The molecule has 1 N–H and O–H groups in total. The zero-order valence-electron chi connectivity index (χ0n) is 18.2. The number of anilines is 1. The van der Waals surface area contributed by atoms with Crippen LogP contribution in [0.5, 0.6) is 5.75 Å². The summed E-state index contributed by atoms with van der Waals surface area (Å²) >= 11 is 6.06. The summed E-state index contributed by atoms with van der Waals surface area (Å²) in [5.41, 5.74) is 0.896. The highest BCUT2D eigenvalue weighted by Crippen LogP contribution is 2.27. The molecule has 1 heterocycles. The van der Waals surface area contributed by atoms with Gasteiger partial charge in [-0.2, -0.15) is 5.10 Å². The highest BCUT2D eigenvalue weighted by atomic mass is 35.5. The number of nitrogens with one attached hydrogen (secondary N) is 1. The zero-order chi connectivity index (χ0) is 24.1. The quantitative estimate of drug-likeness (QED) is 0.405. The second-order valence-electron chi connectivity index (χ2n) is 7.32. The number of fused-ring (bicyclic) bond motifs is 1. The Bertz CT molecular complexity index is 1420. The van der Waals surface area contributed by atoms with Crippen molar-refractivity contribution < 1.29 is 19.1 Å². The van der Waals surface area contributed by atoms with Crippen molar-refractivity contribution in [1.29, 1.82) is 0 Å². The first kappa shape index (κ1) is 23.0. The van der Waals surface area contributed by atoms with Gasteiger partial charge in [0, 0.05) is 11.1 Å². The number of aromatic nitrogens is 2.